The molecular weight excluding hydrogens is 769 g/mol. The molecular formula is C56H92O6. The summed E-state index contributed by atoms with van der Waals surface area (Å²) in [6.45, 7) is 6.37. The molecule has 0 aliphatic carbocycles. The maximum atomic E-state index is 12.8. The zero-order valence-corrected chi connectivity index (χ0v) is 40.1. The standard InChI is InChI=1S/C56H92O6/c1-4-7-10-13-16-19-22-25-27-29-31-34-37-40-43-46-49-55(58)61-52-53(51-60-54(57)48-45-42-39-36-33-30-24-21-18-15-12-9-6-3)62-56(59)50-47-44-41-38-35-32-28-26-23-20-17-14-11-8-5-2/h8,11-12,15,17,19-22,24,26-29,35,38,53H,4-7,9-10,13-14,16,18,23,25,30-34,36-37,39-52H2,1-3H3/b11-8-,15-12-,20-17-,22-19-,24-21-,28-26-,29-27-,38-35-. The van der Waals surface area contributed by atoms with Crippen LogP contribution in [0.2, 0.25) is 0 Å². The third kappa shape index (κ3) is 47.4. The van der Waals surface area contributed by atoms with Crippen LogP contribution in [-0.2, 0) is 28.6 Å². The van der Waals surface area contributed by atoms with E-state index in [9.17, 15) is 14.4 Å². The van der Waals surface area contributed by atoms with Gasteiger partial charge in [-0.1, -0.05) is 182 Å². The Morgan fingerprint density at radius 1 is 0.339 bits per heavy atom. The van der Waals surface area contributed by atoms with E-state index < -0.39 is 6.10 Å². The summed E-state index contributed by atoms with van der Waals surface area (Å²) in [4.78, 5) is 37.9. The van der Waals surface area contributed by atoms with Gasteiger partial charge in [-0.25, -0.2) is 0 Å². The Balaban J connectivity index is 4.51. The molecule has 1 unspecified atom stereocenters. The van der Waals surface area contributed by atoms with Gasteiger partial charge in [-0.2, -0.15) is 0 Å². The molecule has 0 aliphatic heterocycles. The normalized spacial score (nSPS) is 12.9. The van der Waals surface area contributed by atoms with Gasteiger partial charge in [0.2, 0.25) is 0 Å². The molecule has 6 nitrogen and oxygen atoms in total. The van der Waals surface area contributed by atoms with E-state index in [4.69, 9.17) is 14.2 Å². The van der Waals surface area contributed by atoms with Crippen molar-refractivity contribution >= 4 is 17.9 Å². The summed E-state index contributed by atoms with van der Waals surface area (Å²) in [7, 11) is 0. The van der Waals surface area contributed by atoms with Crippen LogP contribution >= 0.6 is 0 Å². The lowest BCUT2D eigenvalue weighted by atomic mass is 10.1. The number of ether oxygens (including phenoxy) is 3. The number of hydrogen-bond acceptors (Lipinski definition) is 6. The van der Waals surface area contributed by atoms with E-state index in [0.29, 0.717) is 19.3 Å². The first-order valence-electron chi connectivity index (χ1n) is 25.2. The van der Waals surface area contributed by atoms with Crippen LogP contribution in [-0.4, -0.2) is 37.2 Å². The first-order chi connectivity index (χ1) is 30.5. The summed E-state index contributed by atoms with van der Waals surface area (Å²) in [6.07, 6.45) is 65.3. The van der Waals surface area contributed by atoms with Gasteiger partial charge in [-0.15, -0.1) is 0 Å². The lowest BCUT2D eigenvalue weighted by Crippen LogP contribution is -2.30. The number of allylic oxidation sites excluding steroid dienone is 16. The van der Waals surface area contributed by atoms with Gasteiger partial charge in [0.15, 0.2) is 6.10 Å². The number of rotatable bonds is 44. The average Bonchev–Trinajstić information content (AvgIpc) is 3.27. The molecule has 0 aromatic heterocycles. The number of esters is 3. The van der Waals surface area contributed by atoms with Gasteiger partial charge in [0.1, 0.15) is 13.2 Å². The van der Waals surface area contributed by atoms with Crippen molar-refractivity contribution in [1.82, 2.24) is 0 Å². The molecule has 0 radical (unpaired) electrons. The highest BCUT2D eigenvalue weighted by molar-refractivity contribution is 5.71. The van der Waals surface area contributed by atoms with Crippen molar-refractivity contribution in [2.45, 2.75) is 226 Å². The minimum absolute atomic E-state index is 0.107. The number of unbranched alkanes of at least 4 members (excludes halogenated alkanes) is 17. The minimum Gasteiger partial charge on any atom is -0.462 e. The fourth-order valence-electron chi connectivity index (χ4n) is 6.50. The SMILES string of the molecule is CC/C=C\C/C=C\C/C=C\C/C=C\CCCCC(=O)OC(COC(=O)CCCCCCC/C=C\C/C=C\CCC)COC(=O)CCCCCCC/C=C\C/C=C\CCCCCC. The molecule has 62 heavy (non-hydrogen) atoms. The van der Waals surface area contributed by atoms with Crippen molar-refractivity contribution in [3.05, 3.63) is 97.2 Å². The molecule has 0 bridgehead atoms. The molecule has 0 fully saturated rings. The predicted molar refractivity (Wildman–Crippen MR) is 265 cm³/mol. The second-order valence-corrected chi connectivity index (χ2v) is 16.3. The first kappa shape index (κ1) is 58.3. The Bertz CT molecular complexity index is 1260. The maximum Gasteiger partial charge on any atom is 0.306 e. The second kappa shape index (κ2) is 50.0. The molecule has 0 heterocycles. The van der Waals surface area contributed by atoms with Gasteiger partial charge in [0, 0.05) is 19.3 Å². The van der Waals surface area contributed by atoms with E-state index in [1.807, 2.05) is 0 Å². The third-order valence-corrected chi connectivity index (χ3v) is 10.3. The lowest BCUT2D eigenvalue weighted by molar-refractivity contribution is -0.167. The quantitative estimate of drug-likeness (QED) is 0.0263. The lowest BCUT2D eigenvalue weighted by Gasteiger charge is -2.18. The van der Waals surface area contributed by atoms with Gasteiger partial charge < -0.3 is 14.2 Å². The monoisotopic (exact) mass is 861 g/mol. The molecule has 0 aromatic carbocycles. The molecule has 6 heteroatoms. The smallest absolute Gasteiger partial charge is 0.306 e. The molecule has 352 valence electrons. The van der Waals surface area contributed by atoms with E-state index in [2.05, 4.69) is 118 Å². The van der Waals surface area contributed by atoms with Crippen molar-refractivity contribution in [3.8, 4) is 0 Å². The summed E-state index contributed by atoms with van der Waals surface area (Å²) in [5.74, 6) is -0.981. The van der Waals surface area contributed by atoms with E-state index in [-0.39, 0.29) is 37.5 Å². The van der Waals surface area contributed by atoms with Crippen molar-refractivity contribution in [2.75, 3.05) is 13.2 Å². The Morgan fingerprint density at radius 2 is 0.661 bits per heavy atom. The second-order valence-electron chi connectivity index (χ2n) is 16.3. The van der Waals surface area contributed by atoms with Crippen LogP contribution in [0.15, 0.2) is 97.2 Å². The van der Waals surface area contributed by atoms with E-state index >= 15 is 0 Å². The van der Waals surface area contributed by atoms with Gasteiger partial charge in [0.25, 0.3) is 0 Å². The van der Waals surface area contributed by atoms with Crippen molar-refractivity contribution < 1.29 is 28.6 Å². The largest absolute Gasteiger partial charge is 0.462 e. The van der Waals surface area contributed by atoms with Gasteiger partial charge >= 0.3 is 17.9 Å². The summed E-state index contributed by atoms with van der Waals surface area (Å²) < 4.78 is 16.7. The molecule has 0 N–H and O–H groups in total. The van der Waals surface area contributed by atoms with Gasteiger partial charge in [-0.05, 0) is 116 Å². The molecule has 0 saturated carbocycles. The molecule has 0 amide bonds. The average molecular weight is 861 g/mol. The summed E-state index contributed by atoms with van der Waals surface area (Å²) >= 11 is 0. The van der Waals surface area contributed by atoms with Crippen molar-refractivity contribution in [3.63, 3.8) is 0 Å². The Kier molecular flexibility index (Phi) is 47.0. The minimum atomic E-state index is -0.811. The molecule has 1 atom stereocenters. The first-order valence-corrected chi connectivity index (χ1v) is 25.2. The van der Waals surface area contributed by atoms with Gasteiger partial charge in [-0.3, -0.25) is 14.4 Å². The molecule has 0 aliphatic rings. The molecule has 0 rings (SSSR count). The highest BCUT2D eigenvalue weighted by Gasteiger charge is 2.19. The number of carbonyl (C=O) groups is 3. The molecule has 0 spiro atoms. The van der Waals surface area contributed by atoms with Crippen LogP contribution in [0, 0.1) is 0 Å². The fourth-order valence-corrected chi connectivity index (χ4v) is 6.50. The molecule has 0 saturated heterocycles. The van der Waals surface area contributed by atoms with Crippen LogP contribution in [0.1, 0.15) is 220 Å². The number of carbonyl (C=O) groups excluding carboxylic acids is 3. The molecule has 0 aromatic rings. The predicted octanol–water partition coefficient (Wildman–Crippen LogP) is 16.6. The topological polar surface area (TPSA) is 78.9 Å². The summed E-state index contributed by atoms with van der Waals surface area (Å²) in [6, 6.07) is 0. The Labute approximate surface area is 381 Å². The van der Waals surface area contributed by atoms with Crippen LogP contribution in [0.5, 0.6) is 0 Å². The fraction of sp³-hybridized carbons (Fsp3) is 0.661. The summed E-state index contributed by atoms with van der Waals surface area (Å²) in [5.41, 5.74) is 0. The number of hydrogen-bond donors (Lipinski definition) is 0. The van der Waals surface area contributed by atoms with E-state index in [1.54, 1.807) is 0 Å². The van der Waals surface area contributed by atoms with Gasteiger partial charge in [0.05, 0.1) is 0 Å². The Hall–Kier alpha value is -3.67. The summed E-state index contributed by atoms with van der Waals surface area (Å²) in [5, 5.41) is 0. The van der Waals surface area contributed by atoms with Crippen LogP contribution in [0.3, 0.4) is 0 Å². The zero-order chi connectivity index (χ0) is 45.1. The highest BCUT2D eigenvalue weighted by atomic mass is 16.6. The van der Waals surface area contributed by atoms with Crippen LogP contribution in [0.4, 0.5) is 0 Å². The van der Waals surface area contributed by atoms with Crippen molar-refractivity contribution in [1.29, 1.82) is 0 Å². The highest BCUT2D eigenvalue weighted by Crippen LogP contribution is 2.12. The van der Waals surface area contributed by atoms with E-state index in [1.165, 1.54) is 38.5 Å². The van der Waals surface area contributed by atoms with Crippen molar-refractivity contribution in [2.24, 2.45) is 0 Å². The zero-order valence-electron chi connectivity index (χ0n) is 40.1. The third-order valence-electron chi connectivity index (χ3n) is 10.3. The maximum absolute atomic E-state index is 12.8. The Morgan fingerprint density at radius 3 is 1.08 bits per heavy atom. The van der Waals surface area contributed by atoms with Crippen LogP contribution < -0.4 is 0 Å². The van der Waals surface area contributed by atoms with E-state index in [0.717, 1.165) is 135 Å². The van der Waals surface area contributed by atoms with Crippen LogP contribution in [0.25, 0.3) is 0 Å².